The van der Waals surface area contributed by atoms with Gasteiger partial charge in [0.25, 0.3) is 0 Å². The quantitative estimate of drug-likeness (QED) is 0.343. The summed E-state index contributed by atoms with van der Waals surface area (Å²) in [6, 6.07) is 4.16. The Balaban J connectivity index is 1.43. The number of aliphatic imine (C=N–C) groups is 2. The van der Waals surface area contributed by atoms with Gasteiger partial charge in [0.05, 0.1) is 11.6 Å². The normalized spacial score (nSPS) is 19.7. The minimum Gasteiger partial charge on any atom is -0.350 e. The topological polar surface area (TPSA) is 68.7 Å². The Kier molecular flexibility index (Phi) is 6.03. The average molecular weight is 448 g/mol. The van der Waals surface area contributed by atoms with Gasteiger partial charge in [0.2, 0.25) is 0 Å². The molecular weight excluding hydrogens is 424 g/mol. The van der Waals surface area contributed by atoms with Crippen LogP contribution in [0, 0.1) is 5.82 Å². The van der Waals surface area contributed by atoms with E-state index in [0.717, 1.165) is 11.8 Å². The molecule has 1 atom stereocenters. The van der Waals surface area contributed by atoms with Gasteiger partial charge in [0, 0.05) is 24.2 Å². The molecule has 2 heterocycles. The summed E-state index contributed by atoms with van der Waals surface area (Å²) in [5.74, 6) is 1.17. The number of hydrogen-bond acceptors (Lipinski definition) is 3. The van der Waals surface area contributed by atoms with Gasteiger partial charge in [0.15, 0.2) is 5.82 Å². The summed E-state index contributed by atoms with van der Waals surface area (Å²) in [5, 5.41) is 10.3. The van der Waals surface area contributed by atoms with Crippen molar-refractivity contribution in [3.8, 4) is 0 Å². The lowest BCUT2D eigenvalue weighted by molar-refractivity contribution is -0.138. The number of hydrogen-bond donors (Lipinski definition) is 2. The lowest BCUT2D eigenvalue weighted by Crippen LogP contribution is -2.24. The highest BCUT2D eigenvalue weighted by Crippen LogP contribution is 2.42. The van der Waals surface area contributed by atoms with Crippen molar-refractivity contribution < 1.29 is 17.6 Å². The van der Waals surface area contributed by atoms with Gasteiger partial charge >= 0.3 is 6.18 Å². The number of likely N-dealkylation sites (tertiary alicyclic amines) is 1. The predicted molar refractivity (Wildman–Crippen MR) is 115 cm³/mol. The fourth-order valence-electron chi connectivity index (χ4n) is 3.94. The maximum Gasteiger partial charge on any atom is 0.416 e. The summed E-state index contributed by atoms with van der Waals surface area (Å²) < 4.78 is 53.9. The molecule has 4 rings (SSSR count). The van der Waals surface area contributed by atoms with E-state index in [1.54, 1.807) is 11.8 Å². The molecule has 6 nitrogen and oxygen atoms in total. The molecule has 2 aliphatic rings. The van der Waals surface area contributed by atoms with Gasteiger partial charge in [0.1, 0.15) is 23.8 Å². The number of nitrogens with zero attached hydrogens (tertiary/aromatic N) is 4. The highest BCUT2D eigenvalue weighted by molar-refractivity contribution is 5.97. The second-order valence-electron chi connectivity index (χ2n) is 8.06. The van der Waals surface area contributed by atoms with Crippen molar-refractivity contribution >= 4 is 18.0 Å². The molecule has 1 saturated carbocycles. The highest BCUT2D eigenvalue weighted by atomic mass is 19.4. The second kappa shape index (κ2) is 8.76. The fourth-order valence-corrected chi connectivity index (χ4v) is 3.94. The zero-order chi connectivity index (χ0) is 22.9. The Labute approximate surface area is 183 Å². The molecule has 1 aromatic carbocycles. The van der Waals surface area contributed by atoms with E-state index >= 15 is 0 Å². The fraction of sp³-hybridized carbons (Fsp3) is 0.409. The molecule has 1 aromatic heterocycles. The first-order chi connectivity index (χ1) is 15.2. The van der Waals surface area contributed by atoms with E-state index in [9.17, 15) is 17.6 Å². The van der Waals surface area contributed by atoms with E-state index in [-0.39, 0.29) is 5.56 Å². The number of benzene rings is 1. The molecule has 1 saturated heterocycles. The Bertz CT molecular complexity index is 1050. The van der Waals surface area contributed by atoms with Gasteiger partial charge in [-0.05, 0) is 50.3 Å². The molecule has 2 fully saturated rings. The summed E-state index contributed by atoms with van der Waals surface area (Å²) in [6.45, 7) is 6.16. The van der Waals surface area contributed by atoms with Gasteiger partial charge in [-0.3, -0.25) is 5.10 Å². The van der Waals surface area contributed by atoms with Crippen molar-refractivity contribution in [2.45, 2.75) is 50.7 Å². The van der Waals surface area contributed by atoms with Gasteiger partial charge < -0.3 is 10.2 Å². The lowest BCUT2D eigenvalue weighted by atomic mass is 9.98. The largest absolute Gasteiger partial charge is 0.416 e. The SMILES string of the molecule is C=C(N=CN=C(C)Nc1cc(C2CC2)[nH]n1)N1CCCC1c1ccc(F)cc1C(F)(F)F. The van der Waals surface area contributed by atoms with Crippen molar-refractivity contribution in [1.29, 1.82) is 0 Å². The van der Waals surface area contributed by atoms with Crippen LogP contribution in [0.25, 0.3) is 0 Å². The molecule has 2 N–H and O–H groups in total. The standard InChI is InChI=1S/C22H24F4N6/c1-13(29-21-11-19(30-31-21)15-5-6-15)27-12-28-14(2)32-9-3-4-20(32)17-8-7-16(23)10-18(17)22(24,25)26/h7-8,10-12,15,20H,2-6,9H2,1H3,(H2,27,28,29,30,31). The van der Waals surface area contributed by atoms with E-state index in [1.165, 1.54) is 25.2 Å². The third-order valence-corrected chi connectivity index (χ3v) is 5.65. The first kappa shape index (κ1) is 22.0. The number of nitrogens with one attached hydrogen (secondary N) is 2. The van der Waals surface area contributed by atoms with E-state index in [2.05, 4.69) is 32.1 Å². The molecule has 0 bridgehead atoms. The van der Waals surface area contributed by atoms with Crippen LogP contribution in [-0.2, 0) is 6.18 Å². The summed E-state index contributed by atoms with van der Waals surface area (Å²) in [6.07, 6.45) is 0.182. The first-order valence-corrected chi connectivity index (χ1v) is 10.4. The summed E-state index contributed by atoms with van der Waals surface area (Å²) in [4.78, 5) is 10.1. The minimum absolute atomic E-state index is 0.0269. The van der Waals surface area contributed by atoms with Gasteiger partial charge in [-0.25, -0.2) is 14.4 Å². The van der Waals surface area contributed by atoms with Crippen molar-refractivity contribution in [1.82, 2.24) is 15.1 Å². The molecule has 10 heteroatoms. The number of halogens is 4. The van der Waals surface area contributed by atoms with E-state index < -0.39 is 23.6 Å². The van der Waals surface area contributed by atoms with Gasteiger partial charge in [-0.2, -0.15) is 18.3 Å². The first-order valence-electron chi connectivity index (χ1n) is 10.4. The molecule has 0 amide bonds. The van der Waals surface area contributed by atoms with Crippen LogP contribution in [0.3, 0.4) is 0 Å². The number of rotatable bonds is 6. The maximum absolute atomic E-state index is 13.5. The average Bonchev–Trinajstić information content (AvgIpc) is 3.27. The minimum atomic E-state index is -4.64. The molecule has 1 unspecified atom stereocenters. The number of aromatic nitrogens is 2. The third kappa shape index (κ3) is 5.00. The highest BCUT2D eigenvalue weighted by Gasteiger charge is 2.38. The van der Waals surface area contributed by atoms with E-state index in [4.69, 9.17) is 0 Å². The molecular formula is C22H24F4N6. The van der Waals surface area contributed by atoms with Crippen LogP contribution < -0.4 is 5.32 Å². The zero-order valence-electron chi connectivity index (χ0n) is 17.6. The van der Waals surface area contributed by atoms with Crippen LogP contribution in [0.2, 0.25) is 0 Å². The number of aromatic amines is 1. The molecule has 2 aromatic rings. The molecule has 32 heavy (non-hydrogen) atoms. The zero-order valence-corrected chi connectivity index (χ0v) is 17.6. The Hall–Kier alpha value is -3.17. The van der Waals surface area contributed by atoms with Crippen LogP contribution in [0.4, 0.5) is 23.4 Å². The molecule has 1 aliphatic heterocycles. The van der Waals surface area contributed by atoms with Crippen molar-refractivity contribution in [2.75, 3.05) is 11.9 Å². The Morgan fingerprint density at radius 2 is 2.06 bits per heavy atom. The smallest absolute Gasteiger partial charge is 0.350 e. The molecule has 170 valence electrons. The maximum atomic E-state index is 13.5. The summed E-state index contributed by atoms with van der Waals surface area (Å²) in [5.41, 5.74) is 0.161. The van der Waals surface area contributed by atoms with Gasteiger partial charge in [-0.15, -0.1) is 0 Å². The van der Waals surface area contributed by atoms with Crippen LogP contribution in [0.15, 0.2) is 46.7 Å². The number of amidine groups is 1. The van der Waals surface area contributed by atoms with Crippen molar-refractivity contribution in [3.63, 3.8) is 0 Å². The van der Waals surface area contributed by atoms with Crippen LogP contribution in [0.5, 0.6) is 0 Å². The van der Waals surface area contributed by atoms with E-state index in [0.29, 0.717) is 48.8 Å². The predicted octanol–water partition coefficient (Wildman–Crippen LogP) is 5.61. The number of alkyl halides is 3. The summed E-state index contributed by atoms with van der Waals surface area (Å²) in [7, 11) is 0. The Morgan fingerprint density at radius 3 is 2.78 bits per heavy atom. The molecule has 0 spiro atoms. The number of H-pyrrole nitrogens is 1. The van der Waals surface area contributed by atoms with Crippen LogP contribution in [-0.4, -0.2) is 33.8 Å². The van der Waals surface area contributed by atoms with Gasteiger partial charge in [-0.1, -0.05) is 12.6 Å². The number of anilines is 1. The van der Waals surface area contributed by atoms with E-state index in [1.807, 2.05) is 6.07 Å². The summed E-state index contributed by atoms with van der Waals surface area (Å²) >= 11 is 0. The molecule has 0 radical (unpaired) electrons. The third-order valence-electron chi connectivity index (χ3n) is 5.65. The molecule has 1 aliphatic carbocycles. The Morgan fingerprint density at radius 1 is 1.28 bits per heavy atom. The second-order valence-corrected chi connectivity index (χ2v) is 8.06. The van der Waals surface area contributed by atoms with Crippen molar-refractivity contribution in [3.05, 3.63) is 59.3 Å². The monoisotopic (exact) mass is 448 g/mol. The van der Waals surface area contributed by atoms with Crippen LogP contribution in [0.1, 0.15) is 61.4 Å². The van der Waals surface area contributed by atoms with Crippen molar-refractivity contribution in [2.24, 2.45) is 9.98 Å². The van der Waals surface area contributed by atoms with Crippen LogP contribution >= 0.6 is 0 Å². The lowest BCUT2D eigenvalue weighted by Gasteiger charge is -2.28.